The number of aliphatic imine (C=N–C) groups is 1. The van der Waals surface area contributed by atoms with E-state index in [4.69, 9.17) is 4.99 Å². The molecule has 2 fully saturated rings. The van der Waals surface area contributed by atoms with Gasteiger partial charge in [-0.3, -0.25) is 9.89 Å². The molecule has 0 aromatic heterocycles. The van der Waals surface area contributed by atoms with Crippen molar-refractivity contribution in [1.29, 1.82) is 0 Å². The van der Waals surface area contributed by atoms with E-state index in [1.54, 1.807) is 0 Å². The number of likely N-dealkylation sites (tertiary alicyclic amines) is 1. The quantitative estimate of drug-likeness (QED) is 0.425. The standard InChI is InChI=1S/C15H30N4S.HI/c1-3-16-15(19-7-4-14(2)5-8-19)17-6-9-18-10-12-20-13-11-18;/h14H,3-13H2,1-2H3,(H,16,17);1H. The van der Waals surface area contributed by atoms with Gasteiger partial charge in [-0.25, -0.2) is 0 Å². The van der Waals surface area contributed by atoms with Crippen molar-refractivity contribution in [1.82, 2.24) is 15.1 Å². The lowest BCUT2D eigenvalue weighted by atomic mass is 10.00. The molecule has 0 spiro atoms. The Hall–Kier alpha value is 0.310. The van der Waals surface area contributed by atoms with Gasteiger partial charge in [-0.1, -0.05) is 6.92 Å². The first kappa shape index (κ1) is 19.4. The third-order valence-corrected chi connectivity index (χ3v) is 5.14. The average molecular weight is 426 g/mol. The summed E-state index contributed by atoms with van der Waals surface area (Å²) in [6, 6.07) is 0. The van der Waals surface area contributed by atoms with Crippen LogP contribution in [0.4, 0.5) is 0 Å². The molecule has 21 heavy (non-hydrogen) atoms. The summed E-state index contributed by atoms with van der Waals surface area (Å²) < 4.78 is 0. The molecule has 0 unspecified atom stereocenters. The highest BCUT2D eigenvalue weighted by atomic mass is 127. The predicted octanol–water partition coefficient (Wildman–Crippen LogP) is 2.35. The van der Waals surface area contributed by atoms with E-state index in [1.165, 1.54) is 37.4 Å². The van der Waals surface area contributed by atoms with E-state index in [1.807, 2.05) is 0 Å². The fraction of sp³-hybridized carbons (Fsp3) is 0.933. The summed E-state index contributed by atoms with van der Waals surface area (Å²) in [5.74, 6) is 4.58. The topological polar surface area (TPSA) is 30.9 Å². The highest BCUT2D eigenvalue weighted by molar-refractivity contribution is 14.0. The lowest BCUT2D eigenvalue weighted by Crippen LogP contribution is -2.45. The summed E-state index contributed by atoms with van der Waals surface area (Å²) in [7, 11) is 0. The number of thioether (sulfide) groups is 1. The third kappa shape index (κ3) is 6.95. The minimum absolute atomic E-state index is 0. The fourth-order valence-electron chi connectivity index (χ4n) is 2.77. The number of guanidine groups is 1. The molecule has 2 saturated heterocycles. The molecule has 0 amide bonds. The minimum atomic E-state index is 0. The van der Waals surface area contributed by atoms with Crippen LogP contribution in [0.3, 0.4) is 0 Å². The minimum Gasteiger partial charge on any atom is -0.357 e. The van der Waals surface area contributed by atoms with Crippen molar-refractivity contribution in [2.24, 2.45) is 10.9 Å². The highest BCUT2D eigenvalue weighted by Crippen LogP contribution is 2.16. The Bertz CT molecular complexity index is 300. The van der Waals surface area contributed by atoms with Crippen LogP contribution in [-0.2, 0) is 0 Å². The van der Waals surface area contributed by atoms with Crippen LogP contribution in [0.1, 0.15) is 26.7 Å². The van der Waals surface area contributed by atoms with Crippen molar-refractivity contribution in [2.75, 3.05) is 57.3 Å². The van der Waals surface area contributed by atoms with Crippen LogP contribution < -0.4 is 5.32 Å². The van der Waals surface area contributed by atoms with E-state index < -0.39 is 0 Å². The van der Waals surface area contributed by atoms with Gasteiger partial charge in [-0.2, -0.15) is 11.8 Å². The van der Waals surface area contributed by atoms with Crippen LogP contribution in [0, 0.1) is 5.92 Å². The zero-order valence-electron chi connectivity index (χ0n) is 13.5. The van der Waals surface area contributed by atoms with Gasteiger partial charge < -0.3 is 10.2 Å². The number of hydrogen-bond donors (Lipinski definition) is 1. The number of halogens is 1. The number of rotatable bonds is 4. The molecule has 2 heterocycles. The van der Waals surface area contributed by atoms with Crippen LogP contribution >= 0.6 is 35.7 Å². The maximum absolute atomic E-state index is 4.84. The van der Waals surface area contributed by atoms with Crippen molar-refractivity contribution in [2.45, 2.75) is 26.7 Å². The zero-order valence-corrected chi connectivity index (χ0v) is 16.7. The molecule has 0 bridgehead atoms. The molecule has 0 aromatic carbocycles. The van der Waals surface area contributed by atoms with Gasteiger partial charge in [-0.15, -0.1) is 24.0 Å². The molecule has 0 saturated carbocycles. The Morgan fingerprint density at radius 1 is 1.19 bits per heavy atom. The van der Waals surface area contributed by atoms with E-state index in [9.17, 15) is 0 Å². The summed E-state index contributed by atoms with van der Waals surface area (Å²) >= 11 is 2.07. The molecule has 2 aliphatic heterocycles. The summed E-state index contributed by atoms with van der Waals surface area (Å²) in [6.07, 6.45) is 2.60. The Morgan fingerprint density at radius 3 is 2.48 bits per heavy atom. The first-order valence-corrected chi connectivity index (χ1v) is 9.28. The van der Waals surface area contributed by atoms with E-state index in [0.29, 0.717) is 0 Å². The monoisotopic (exact) mass is 426 g/mol. The number of hydrogen-bond acceptors (Lipinski definition) is 3. The molecule has 2 rings (SSSR count). The second kappa shape index (κ2) is 10.9. The number of piperidine rings is 1. The summed E-state index contributed by atoms with van der Waals surface area (Å²) in [4.78, 5) is 9.82. The van der Waals surface area contributed by atoms with Gasteiger partial charge in [0.05, 0.1) is 6.54 Å². The average Bonchev–Trinajstić information content (AvgIpc) is 2.48. The van der Waals surface area contributed by atoms with Crippen LogP contribution in [-0.4, -0.2) is 73.1 Å². The first-order chi connectivity index (χ1) is 9.79. The predicted molar refractivity (Wildman–Crippen MR) is 105 cm³/mol. The van der Waals surface area contributed by atoms with Gasteiger partial charge in [0.2, 0.25) is 0 Å². The van der Waals surface area contributed by atoms with Crippen LogP contribution in [0.15, 0.2) is 4.99 Å². The van der Waals surface area contributed by atoms with Gasteiger partial charge in [0.25, 0.3) is 0 Å². The molecule has 4 nitrogen and oxygen atoms in total. The van der Waals surface area contributed by atoms with Crippen LogP contribution in [0.5, 0.6) is 0 Å². The summed E-state index contributed by atoms with van der Waals surface area (Å²) in [5, 5.41) is 3.46. The molecule has 1 N–H and O–H groups in total. The lowest BCUT2D eigenvalue weighted by Gasteiger charge is -2.33. The first-order valence-electron chi connectivity index (χ1n) is 8.13. The summed E-state index contributed by atoms with van der Waals surface area (Å²) in [5.41, 5.74) is 0. The normalized spacial score (nSPS) is 22.0. The fourth-order valence-corrected chi connectivity index (χ4v) is 3.75. The Labute approximate surface area is 151 Å². The van der Waals surface area contributed by atoms with Gasteiger partial charge in [-0.05, 0) is 25.7 Å². The Morgan fingerprint density at radius 2 is 1.86 bits per heavy atom. The van der Waals surface area contributed by atoms with E-state index in [0.717, 1.165) is 44.6 Å². The van der Waals surface area contributed by atoms with E-state index in [2.05, 4.69) is 40.7 Å². The van der Waals surface area contributed by atoms with Crippen LogP contribution in [0.25, 0.3) is 0 Å². The Balaban J connectivity index is 0.00000220. The zero-order chi connectivity index (χ0) is 14.2. The van der Waals surface area contributed by atoms with Crippen molar-refractivity contribution >= 4 is 41.7 Å². The second-order valence-electron chi connectivity index (χ2n) is 5.86. The maximum atomic E-state index is 4.84. The molecule has 124 valence electrons. The van der Waals surface area contributed by atoms with Gasteiger partial charge in [0.1, 0.15) is 0 Å². The van der Waals surface area contributed by atoms with Crippen molar-refractivity contribution in [3.8, 4) is 0 Å². The lowest BCUT2D eigenvalue weighted by molar-refractivity contribution is 0.271. The third-order valence-electron chi connectivity index (χ3n) is 4.20. The van der Waals surface area contributed by atoms with Gasteiger partial charge in [0.15, 0.2) is 5.96 Å². The second-order valence-corrected chi connectivity index (χ2v) is 7.08. The molecule has 0 aromatic rings. The van der Waals surface area contributed by atoms with Gasteiger partial charge >= 0.3 is 0 Å². The maximum Gasteiger partial charge on any atom is 0.193 e. The van der Waals surface area contributed by atoms with Crippen LogP contribution in [0.2, 0.25) is 0 Å². The van der Waals surface area contributed by atoms with Gasteiger partial charge in [0, 0.05) is 50.8 Å². The molecular formula is C15H31IN4S. The van der Waals surface area contributed by atoms with E-state index in [-0.39, 0.29) is 24.0 Å². The van der Waals surface area contributed by atoms with Crippen molar-refractivity contribution < 1.29 is 0 Å². The van der Waals surface area contributed by atoms with Crippen molar-refractivity contribution in [3.63, 3.8) is 0 Å². The molecule has 0 atom stereocenters. The Kier molecular flexibility index (Phi) is 10.1. The number of nitrogens with one attached hydrogen (secondary N) is 1. The van der Waals surface area contributed by atoms with Crippen molar-refractivity contribution in [3.05, 3.63) is 0 Å². The summed E-state index contributed by atoms with van der Waals surface area (Å²) in [6.45, 7) is 12.3. The molecule has 2 aliphatic rings. The highest BCUT2D eigenvalue weighted by Gasteiger charge is 2.18. The molecule has 0 radical (unpaired) electrons. The largest absolute Gasteiger partial charge is 0.357 e. The molecule has 0 aliphatic carbocycles. The molecular weight excluding hydrogens is 395 g/mol. The smallest absolute Gasteiger partial charge is 0.193 e. The van der Waals surface area contributed by atoms with E-state index >= 15 is 0 Å². The number of nitrogens with zero attached hydrogens (tertiary/aromatic N) is 3. The SMILES string of the molecule is CCNC(=NCCN1CCSCC1)N1CCC(C)CC1.I. The molecule has 6 heteroatoms.